The van der Waals surface area contributed by atoms with E-state index in [1.54, 1.807) is 0 Å². The van der Waals surface area contributed by atoms with Crippen LogP contribution < -0.4 is 10.6 Å². The summed E-state index contributed by atoms with van der Waals surface area (Å²) in [6.07, 6.45) is 1.19. The van der Waals surface area contributed by atoms with E-state index < -0.39 is 23.8 Å². The van der Waals surface area contributed by atoms with E-state index in [2.05, 4.69) is 58.0 Å². The fourth-order valence-corrected chi connectivity index (χ4v) is 5.52. The van der Waals surface area contributed by atoms with Crippen molar-refractivity contribution in [3.63, 3.8) is 0 Å². The second-order valence-electron chi connectivity index (χ2n) is 10.4. The number of rotatable bonds is 15. The van der Waals surface area contributed by atoms with Crippen LogP contribution in [0.4, 0.5) is 8.78 Å². The Balaban J connectivity index is 0.00000441. The quantitative estimate of drug-likeness (QED) is 0.150. The summed E-state index contributed by atoms with van der Waals surface area (Å²) >= 11 is 2.25. The lowest BCUT2D eigenvalue weighted by Gasteiger charge is -2.25. The lowest BCUT2D eigenvalue weighted by molar-refractivity contribution is 0.0829. The Morgan fingerprint density at radius 2 is 1.60 bits per heavy atom. The van der Waals surface area contributed by atoms with E-state index in [0.717, 1.165) is 58.8 Å². The van der Waals surface area contributed by atoms with E-state index >= 15 is 0 Å². The number of benzene rings is 3. The molecule has 0 aliphatic heterocycles. The van der Waals surface area contributed by atoms with Crippen LogP contribution in [0.1, 0.15) is 59.3 Å². The summed E-state index contributed by atoms with van der Waals surface area (Å²) in [5.74, 6) is -1.72. The zero-order valence-corrected chi connectivity index (χ0v) is 28.1. The summed E-state index contributed by atoms with van der Waals surface area (Å²) in [5, 5.41) is 17.3. The largest absolute Gasteiger partial charge is 0.390 e. The highest BCUT2D eigenvalue weighted by Crippen LogP contribution is 2.16. The maximum atomic E-state index is 13.9. The molecule has 0 heterocycles. The van der Waals surface area contributed by atoms with Crippen LogP contribution in [0.15, 0.2) is 60.7 Å². The number of amides is 1. The molecule has 0 fully saturated rings. The summed E-state index contributed by atoms with van der Waals surface area (Å²) in [6.45, 7) is 9.72. The number of aliphatic hydroxyl groups excluding tert-OH is 1. The van der Waals surface area contributed by atoms with Gasteiger partial charge in [-0.05, 0) is 115 Å². The summed E-state index contributed by atoms with van der Waals surface area (Å²) < 4.78 is 29.0. The molecule has 0 aromatic heterocycles. The van der Waals surface area contributed by atoms with Gasteiger partial charge in [0, 0.05) is 34.8 Å². The highest BCUT2D eigenvalue weighted by atomic mass is 127. The lowest BCUT2D eigenvalue weighted by Crippen LogP contribution is -2.48. The number of nitrogens with zero attached hydrogens (tertiary/aromatic N) is 1. The second kappa shape index (κ2) is 19.5. The monoisotopic (exact) mass is 735 g/mol. The Morgan fingerprint density at radius 1 is 0.929 bits per heavy atom. The summed E-state index contributed by atoms with van der Waals surface area (Å²) in [4.78, 5) is 15.8. The molecule has 0 unspecified atom stereocenters. The van der Waals surface area contributed by atoms with Crippen molar-refractivity contribution in [3.05, 3.63) is 104 Å². The lowest BCUT2D eigenvalue weighted by atomic mass is 9.99. The van der Waals surface area contributed by atoms with E-state index in [1.807, 2.05) is 43.3 Å². The van der Waals surface area contributed by atoms with Crippen molar-refractivity contribution in [2.45, 2.75) is 65.3 Å². The van der Waals surface area contributed by atoms with Crippen molar-refractivity contribution in [1.29, 1.82) is 0 Å². The Labute approximate surface area is 274 Å². The zero-order valence-electron chi connectivity index (χ0n) is 24.3. The first-order chi connectivity index (χ1) is 19.2. The van der Waals surface area contributed by atoms with Crippen LogP contribution in [0, 0.1) is 22.1 Å². The van der Waals surface area contributed by atoms with E-state index in [0.29, 0.717) is 17.7 Å². The molecule has 10 heteroatoms. The molecule has 0 bridgehead atoms. The number of hydrogen-bond acceptors (Lipinski definition) is 4. The third-order valence-corrected chi connectivity index (χ3v) is 7.29. The average molecular weight is 737 g/mol. The van der Waals surface area contributed by atoms with Crippen LogP contribution in [-0.4, -0.2) is 47.7 Å². The first-order valence-corrected chi connectivity index (χ1v) is 15.0. The van der Waals surface area contributed by atoms with Gasteiger partial charge in [0.25, 0.3) is 5.91 Å². The van der Waals surface area contributed by atoms with Gasteiger partial charge in [0.15, 0.2) is 0 Å². The predicted octanol–water partition coefficient (Wildman–Crippen LogP) is 6.84. The number of hydrogen-bond donors (Lipinski definition) is 3. The molecule has 0 radical (unpaired) electrons. The molecule has 3 N–H and O–H groups in total. The number of aliphatic hydroxyl groups is 1. The van der Waals surface area contributed by atoms with Crippen LogP contribution >= 0.6 is 47.4 Å². The van der Waals surface area contributed by atoms with Gasteiger partial charge in [-0.1, -0.05) is 37.6 Å². The molecule has 5 nitrogen and oxygen atoms in total. The van der Waals surface area contributed by atoms with Gasteiger partial charge < -0.3 is 15.7 Å². The van der Waals surface area contributed by atoms with Gasteiger partial charge in [-0.25, -0.2) is 8.78 Å². The molecule has 0 saturated carbocycles. The van der Waals surface area contributed by atoms with Crippen molar-refractivity contribution < 1.29 is 18.7 Å². The minimum absolute atomic E-state index is 0. The van der Waals surface area contributed by atoms with Crippen molar-refractivity contribution in [2.24, 2.45) is 0 Å². The summed E-state index contributed by atoms with van der Waals surface area (Å²) in [5.41, 5.74) is 3.95. The molecule has 0 aliphatic rings. The number of carbonyl (C=O) groups excluding carboxylic acids is 1. The van der Waals surface area contributed by atoms with Gasteiger partial charge in [-0.15, -0.1) is 24.8 Å². The van der Waals surface area contributed by atoms with Gasteiger partial charge in [0.1, 0.15) is 11.6 Å². The third kappa shape index (κ3) is 12.8. The highest BCUT2D eigenvalue weighted by Gasteiger charge is 2.23. The number of halogens is 5. The smallest absolute Gasteiger partial charge is 0.251 e. The van der Waals surface area contributed by atoms with E-state index in [-0.39, 0.29) is 43.7 Å². The fourth-order valence-electron chi connectivity index (χ4n) is 4.92. The first-order valence-electron chi connectivity index (χ1n) is 13.9. The third-order valence-electron chi connectivity index (χ3n) is 6.62. The maximum Gasteiger partial charge on any atom is 0.251 e. The zero-order chi connectivity index (χ0) is 29.1. The van der Waals surface area contributed by atoms with Gasteiger partial charge in [0.05, 0.1) is 12.1 Å². The molecule has 0 spiro atoms. The van der Waals surface area contributed by atoms with Gasteiger partial charge >= 0.3 is 0 Å². The van der Waals surface area contributed by atoms with Crippen LogP contribution in [0.2, 0.25) is 0 Å². The Hall–Kier alpha value is -1.82. The molecular weight excluding hydrogens is 694 g/mol. The molecule has 3 rings (SSSR count). The molecular formula is C32H42Cl2F2IN3O2. The SMILES string of the molecule is CCCN(CCC)Cc1cc(C)cc(C(=O)N[C@@H](Cc2cc(F)cc(F)c2)[C@@H](O)CNCc2cccc(I)c2)c1.Cl.Cl. The standard InChI is InChI=1S/C32H40F2IN3O2.2ClH/c1-4-9-38(10-5-2)21-25-11-22(3)12-26(13-25)32(40)37-30(17-24-14-27(33)18-28(34)15-24)31(39)20-36-19-23-7-6-8-29(35)16-23;;/h6-8,11-16,18,30-31,36,39H,4-5,9-10,17,19-21H2,1-3H3,(H,37,40);2*1H/t30-,31-;;/m0../s1. The van der Waals surface area contributed by atoms with Crippen LogP contribution in [0.5, 0.6) is 0 Å². The van der Waals surface area contributed by atoms with Crippen molar-refractivity contribution in [1.82, 2.24) is 15.5 Å². The Kier molecular flexibility index (Phi) is 17.7. The van der Waals surface area contributed by atoms with Crippen molar-refractivity contribution in [2.75, 3.05) is 19.6 Å². The van der Waals surface area contributed by atoms with E-state index in [4.69, 9.17) is 0 Å². The van der Waals surface area contributed by atoms with Gasteiger partial charge in [0.2, 0.25) is 0 Å². The minimum Gasteiger partial charge on any atom is -0.390 e. The van der Waals surface area contributed by atoms with E-state index in [9.17, 15) is 18.7 Å². The van der Waals surface area contributed by atoms with Crippen molar-refractivity contribution in [3.8, 4) is 0 Å². The Morgan fingerprint density at radius 3 is 2.21 bits per heavy atom. The van der Waals surface area contributed by atoms with Gasteiger partial charge in [-0.2, -0.15) is 0 Å². The molecule has 3 aromatic carbocycles. The van der Waals surface area contributed by atoms with E-state index in [1.165, 1.54) is 12.1 Å². The topological polar surface area (TPSA) is 64.6 Å². The van der Waals surface area contributed by atoms with Gasteiger partial charge in [-0.3, -0.25) is 9.69 Å². The van der Waals surface area contributed by atoms with Crippen molar-refractivity contribution >= 4 is 53.3 Å². The summed E-state index contributed by atoms with van der Waals surface area (Å²) in [6, 6.07) is 16.3. The average Bonchev–Trinajstić information content (AvgIpc) is 2.87. The predicted molar refractivity (Wildman–Crippen MR) is 180 cm³/mol. The normalized spacial score (nSPS) is 12.3. The fraction of sp³-hybridized carbons (Fsp3) is 0.406. The molecule has 232 valence electrons. The molecule has 3 aromatic rings. The number of aryl methyl sites for hydroxylation is 1. The molecule has 1 amide bonds. The first kappa shape index (κ1) is 38.2. The molecule has 42 heavy (non-hydrogen) atoms. The minimum atomic E-state index is -0.994. The van der Waals surface area contributed by atoms with Crippen LogP contribution in [0.25, 0.3) is 0 Å². The van der Waals surface area contributed by atoms with Crippen LogP contribution in [-0.2, 0) is 19.5 Å². The highest BCUT2D eigenvalue weighted by molar-refractivity contribution is 14.1. The summed E-state index contributed by atoms with van der Waals surface area (Å²) in [7, 11) is 0. The molecule has 0 saturated heterocycles. The Bertz CT molecular complexity index is 1240. The number of nitrogens with one attached hydrogen (secondary N) is 2. The maximum absolute atomic E-state index is 13.9. The molecule has 2 atom stereocenters. The number of carbonyl (C=O) groups is 1. The second-order valence-corrected chi connectivity index (χ2v) is 11.6. The van der Waals surface area contributed by atoms with Crippen LogP contribution in [0.3, 0.4) is 0 Å². The molecule has 0 aliphatic carbocycles.